The molecule has 1 aliphatic heterocycles. The molecule has 1 aliphatic rings. The molecule has 2 aromatic heterocycles. The van der Waals surface area contributed by atoms with Crippen molar-refractivity contribution in [3.8, 4) is 11.4 Å². The summed E-state index contributed by atoms with van der Waals surface area (Å²) in [6, 6.07) is 2.38. The van der Waals surface area contributed by atoms with E-state index in [2.05, 4.69) is 30.7 Å². The monoisotopic (exact) mass is 732 g/mol. The summed E-state index contributed by atoms with van der Waals surface area (Å²) >= 11 is 0. The van der Waals surface area contributed by atoms with Gasteiger partial charge in [0.2, 0.25) is 11.8 Å². The fourth-order valence-corrected chi connectivity index (χ4v) is 5.67. The van der Waals surface area contributed by atoms with Gasteiger partial charge in [-0.05, 0) is 72.5 Å². The zero-order chi connectivity index (χ0) is 37.3. The minimum Gasteiger partial charge on any atom is -0.449 e. The summed E-state index contributed by atoms with van der Waals surface area (Å²) in [5.41, 5.74) is -4.55. The Hall–Kier alpha value is -5.01. The van der Waals surface area contributed by atoms with Crippen molar-refractivity contribution >= 4 is 17.7 Å². The summed E-state index contributed by atoms with van der Waals surface area (Å²) in [4.78, 5) is 23.8. The second-order valence-electron chi connectivity index (χ2n) is 11.4. The molecule has 2 N–H and O–H groups in total. The molecule has 0 fully saturated rings. The standard InChI is InChI=1S/C31H29F9N8O3/c1-3-20-14-24(21-13-17(29(32,33)34)5-6-25(21)48(20)28(50)51-4-2)43-27-41-15-22(26-44-46-47(45-26)7-8-49)23(42-27)11-16-9-18(30(35,36)37)12-19(10-16)31(38,39)40/h5-6,9-10,12-13,15,20,24,49H,3-4,7-8,11,14H2,1-2H3,(H,41,42,43)/t20-,24+/m1/s1. The predicted molar refractivity (Wildman–Crippen MR) is 161 cm³/mol. The van der Waals surface area contributed by atoms with Crippen molar-refractivity contribution in [1.82, 2.24) is 30.2 Å². The lowest BCUT2D eigenvalue weighted by Crippen LogP contribution is -2.46. The maximum Gasteiger partial charge on any atom is 0.416 e. The molecule has 5 rings (SSSR count). The highest BCUT2D eigenvalue weighted by Gasteiger charge is 2.40. The van der Waals surface area contributed by atoms with Crippen LogP contribution in [0.3, 0.4) is 0 Å². The lowest BCUT2D eigenvalue weighted by molar-refractivity contribution is -0.143. The number of tetrazole rings is 1. The van der Waals surface area contributed by atoms with Crippen LogP contribution in [0.5, 0.6) is 0 Å². The van der Waals surface area contributed by atoms with Gasteiger partial charge in [0.05, 0.1) is 59.4 Å². The third kappa shape index (κ3) is 8.32. The van der Waals surface area contributed by atoms with Gasteiger partial charge < -0.3 is 15.2 Å². The van der Waals surface area contributed by atoms with Crippen molar-refractivity contribution in [2.24, 2.45) is 0 Å². The highest BCUT2D eigenvalue weighted by atomic mass is 19.4. The van der Waals surface area contributed by atoms with Gasteiger partial charge in [-0.25, -0.2) is 14.8 Å². The number of fused-ring (bicyclic) bond motifs is 1. The van der Waals surface area contributed by atoms with Crippen molar-refractivity contribution in [2.45, 2.75) is 70.3 Å². The molecule has 0 saturated carbocycles. The van der Waals surface area contributed by atoms with E-state index < -0.39 is 65.4 Å². The molecule has 0 unspecified atom stereocenters. The Morgan fingerprint density at radius 1 is 0.961 bits per heavy atom. The number of hydrogen-bond donors (Lipinski definition) is 2. The lowest BCUT2D eigenvalue weighted by Gasteiger charge is -2.40. The summed E-state index contributed by atoms with van der Waals surface area (Å²) < 4.78 is 129. The summed E-state index contributed by atoms with van der Waals surface area (Å²) in [6.45, 7) is 2.87. The van der Waals surface area contributed by atoms with Crippen molar-refractivity contribution in [3.05, 3.63) is 76.1 Å². The average Bonchev–Trinajstić information content (AvgIpc) is 3.51. The van der Waals surface area contributed by atoms with Crippen LogP contribution in [0.2, 0.25) is 0 Å². The second-order valence-corrected chi connectivity index (χ2v) is 11.4. The van der Waals surface area contributed by atoms with E-state index in [0.29, 0.717) is 18.6 Å². The fourth-order valence-electron chi connectivity index (χ4n) is 5.67. The van der Waals surface area contributed by atoms with Gasteiger partial charge in [-0.1, -0.05) is 6.92 Å². The summed E-state index contributed by atoms with van der Waals surface area (Å²) in [7, 11) is 0. The Morgan fingerprint density at radius 3 is 2.22 bits per heavy atom. The number of carbonyl (C=O) groups excluding carboxylic acids is 1. The van der Waals surface area contributed by atoms with Crippen LogP contribution in [0.1, 0.15) is 66.2 Å². The van der Waals surface area contributed by atoms with E-state index in [1.807, 2.05) is 0 Å². The smallest absolute Gasteiger partial charge is 0.416 e. The zero-order valence-electron chi connectivity index (χ0n) is 26.7. The van der Waals surface area contributed by atoms with Gasteiger partial charge in [0.25, 0.3) is 0 Å². The SMILES string of the molecule is CCOC(=O)N1c2ccc(C(F)(F)F)cc2[C@@H](Nc2ncc(-c3nnn(CCO)n3)c(Cc3cc(C(F)(F)F)cc(C(F)(F)F)c3)n2)C[C@H]1CC. The maximum absolute atomic E-state index is 13.8. The van der Waals surface area contributed by atoms with Gasteiger partial charge in [0.1, 0.15) is 0 Å². The van der Waals surface area contributed by atoms with Gasteiger partial charge >= 0.3 is 24.6 Å². The Bertz CT molecular complexity index is 1850. The molecule has 0 aliphatic carbocycles. The number of hydrogen-bond acceptors (Lipinski definition) is 9. The number of aliphatic hydroxyl groups is 1. The molecule has 0 saturated heterocycles. The lowest BCUT2D eigenvalue weighted by atomic mass is 9.89. The largest absolute Gasteiger partial charge is 0.449 e. The van der Waals surface area contributed by atoms with Crippen molar-refractivity contribution in [3.63, 3.8) is 0 Å². The minimum absolute atomic E-state index is 0.00530. The van der Waals surface area contributed by atoms with Crippen molar-refractivity contribution in [1.29, 1.82) is 0 Å². The number of anilines is 2. The van der Waals surface area contributed by atoms with E-state index in [-0.39, 0.29) is 66.5 Å². The topological polar surface area (TPSA) is 131 Å². The normalized spacial score (nSPS) is 16.6. The first-order chi connectivity index (χ1) is 23.9. The quantitative estimate of drug-likeness (QED) is 0.174. The molecule has 4 aromatic rings. The summed E-state index contributed by atoms with van der Waals surface area (Å²) in [6.07, 6.45) is -14.8. The molecule has 0 radical (unpaired) electrons. The molecule has 51 heavy (non-hydrogen) atoms. The summed E-state index contributed by atoms with van der Waals surface area (Å²) in [5, 5.41) is 23.9. The number of ether oxygens (including phenoxy) is 1. The number of aliphatic hydroxyl groups excluding tert-OH is 1. The third-order valence-corrected chi connectivity index (χ3v) is 7.98. The van der Waals surface area contributed by atoms with Crippen molar-refractivity contribution < 1.29 is 54.2 Å². The number of rotatable bonds is 9. The molecular formula is C31H29F9N8O3. The molecule has 0 bridgehead atoms. The number of amides is 1. The highest BCUT2D eigenvalue weighted by Crippen LogP contribution is 2.43. The van der Waals surface area contributed by atoms with Crippen LogP contribution >= 0.6 is 0 Å². The molecule has 3 heterocycles. The average molecular weight is 733 g/mol. The van der Waals surface area contributed by atoms with Crippen LogP contribution in [0, 0.1) is 0 Å². The van der Waals surface area contributed by atoms with Crippen LogP contribution < -0.4 is 10.2 Å². The molecule has 274 valence electrons. The number of alkyl halides is 9. The summed E-state index contributed by atoms with van der Waals surface area (Å²) in [5.74, 6) is -0.408. The third-order valence-electron chi connectivity index (χ3n) is 7.98. The van der Waals surface area contributed by atoms with Gasteiger partial charge in [0.15, 0.2) is 0 Å². The predicted octanol–water partition coefficient (Wildman–Crippen LogP) is 7.07. The van der Waals surface area contributed by atoms with Crippen LogP contribution in [0.25, 0.3) is 11.4 Å². The number of nitrogens with zero attached hydrogens (tertiary/aromatic N) is 7. The first-order valence-electron chi connectivity index (χ1n) is 15.4. The molecular weight excluding hydrogens is 703 g/mol. The first-order valence-corrected chi connectivity index (χ1v) is 15.4. The first kappa shape index (κ1) is 37.3. The second kappa shape index (κ2) is 14.3. The highest BCUT2D eigenvalue weighted by molar-refractivity contribution is 5.90. The van der Waals surface area contributed by atoms with Crippen LogP contribution in [0.15, 0.2) is 42.6 Å². The van der Waals surface area contributed by atoms with Crippen LogP contribution in [0.4, 0.5) is 55.9 Å². The Labute approximate surface area is 283 Å². The Balaban J connectivity index is 1.61. The van der Waals surface area contributed by atoms with Gasteiger partial charge in [0, 0.05) is 18.7 Å². The number of carbonyl (C=O) groups is 1. The van der Waals surface area contributed by atoms with Gasteiger partial charge in [-0.3, -0.25) is 4.90 Å². The van der Waals surface area contributed by atoms with E-state index in [0.717, 1.165) is 29.2 Å². The van der Waals surface area contributed by atoms with Crippen molar-refractivity contribution in [2.75, 3.05) is 23.4 Å². The van der Waals surface area contributed by atoms with Gasteiger partial charge in [-0.2, -0.15) is 44.3 Å². The van der Waals surface area contributed by atoms with E-state index in [9.17, 15) is 49.4 Å². The Morgan fingerprint density at radius 2 is 1.63 bits per heavy atom. The number of halogens is 9. The maximum atomic E-state index is 13.8. The van der Waals surface area contributed by atoms with Crippen LogP contribution in [-0.2, 0) is 36.2 Å². The minimum atomic E-state index is -5.12. The fraction of sp³-hybridized carbons (Fsp3) is 0.419. The van der Waals surface area contributed by atoms with E-state index in [4.69, 9.17) is 4.74 Å². The number of nitrogens with one attached hydrogen (secondary N) is 1. The van der Waals surface area contributed by atoms with E-state index in [1.165, 1.54) is 4.90 Å². The molecule has 2 atom stereocenters. The molecule has 1 amide bonds. The van der Waals surface area contributed by atoms with Crippen LogP contribution in [-0.4, -0.2) is 60.6 Å². The Kier molecular flexibility index (Phi) is 10.5. The molecule has 20 heteroatoms. The van der Waals surface area contributed by atoms with E-state index in [1.54, 1.807) is 13.8 Å². The molecule has 0 spiro atoms. The molecule has 2 aromatic carbocycles. The van der Waals surface area contributed by atoms with Gasteiger partial charge in [-0.15, -0.1) is 10.2 Å². The molecule has 11 nitrogen and oxygen atoms in total. The number of aromatic nitrogens is 6. The zero-order valence-corrected chi connectivity index (χ0v) is 26.7. The van der Waals surface area contributed by atoms with E-state index >= 15 is 0 Å². The number of benzene rings is 2.